The van der Waals surface area contributed by atoms with E-state index in [4.69, 9.17) is 8.92 Å². The van der Waals surface area contributed by atoms with Crippen molar-refractivity contribution in [2.24, 2.45) is 5.41 Å². The van der Waals surface area contributed by atoms with Crippen LogP contribution >= 0.6 is 0 Å². The Morgan fingerprint density at radius 3 is 2.33 bits per heavy atom. The summed E-state index contributed by atoms with van der Waals surface area (Å²) >= 11 is 0. The number of allylic oxidation sites excluding steroid dienone is 1. The molecule has 0 aliphatic heterocycles. The summed E-state index contributed by atoms with van der Waals surface area (Å²) < 4.78 is 35.9. The van der Waals surface area contributed by atoms with Crippen LogP contribution in [0, 0.1) is 12.3 Å². The molecule has 1 unspecified atom stereocenters. The summed E-state index contributed by atoms with van der Waals surface area (Å²) in [6.45, 7) is 5.62. The lowest BCUT2D eigenvalue weighted by Crippen LogP contribution is -2.36. The molecule has 0 radical (unpaired) electrons. The quantitative estimate of drug-likeness (QED) is 0.470. The molecule has 2 rings (SSSR count). The third-order valence-corrected chi connectivity index (χ3v) is 5.54. The van der Waals surface area contributed by atoms with Crippen LogP contribution in [-0.4, -0.2) is 33.3 Å². The van der Waals surface area contributed by atoms with Crippen LogP contribution in [-0.2, 0) is 25.6 Å². The van der Waals surface area contributed by atoms with Crippen molar-refractivity contribution in [2.45, 2.75) is 24.8 Å². The van der Waals surface area contributed by atoms with Gasteiger partial charge in [-0.05, 0) is 31.0 Å². The van der Waals surface area contributed by atoms with Crippen molar-refractivity contribution in [1.82, 2.24) is 0 Å². The van der Waals surface area contributed by atoms with E-state index in [1.165, 1.54) is 12.1 Å². The van der Waals surface area contributed by atoms with Crippen LogP contribution in [0.1, 0.15) is 17.5 Å². The largest absolute Gasteiger partial charge is 0.396 e. The molecule has 0 aromatic heterocycles. The van der Waals surface area contributed by atoms with Gasteiger partial charge in [-0.25, -0.2) is 0 Å². The van der Waals surface area contributed by atoms with E-state index >= 15 is 0 Å². The molecule has 0 aliphatic rings. The van der Waals surface area contributed by atoms with Crippen LogP contribution in [0.25, 0.3) is 0 Å². The lowest BCUT2D eigenvalue weighted by molar-refractivity contribution is -0.0242. The first-order valence-corrected chi connectivity index (χ1v) is 10.1. The second-order valence-electron chi connectivity index (χ2n) is 6.66. The fourth-order valence-electron chi connectivity index (χ4n) is 2.56. The standard InChI is InChI=1S/C21H26O5S/c1-3-13-21(15-22,16-25-14-19-7-5-4-6-8-19)17-26-27(23,24)20-11-9-18(2)10-12-20/h3-12,22H,1,13-17H2,2H3. The third-order valence-electron chi connectivity index (χ3n) is 4.26. The van der Waals surface area contributed by atoms with Gasteiger partial charge in [-0.1, -0.05) is 54.1 Å². The zero-order valence-corrected chi connectivity index (χ0v) is 16.3. The summed E-state index contributed by atoms with van der Waals surface area (Å²) in [4.78, 5) is 0.0868. The molecule has 6 heteroatoms. The van der Waals surface area contributed by atoms with Crippen molar-refractivity contribution in [3.63, 3.8) is 0 Å². The van der Waals surface area contributed by atoms with Gasteiger partial charge >= 0.3 is 0 Å². The van der Waals surface area contributed by atoms with Crippen LogP contribution in [0.3, 0.4) is 0 Å². The predicted octanol–water partition coefficient (Wildman–Crippen LogP) is 3.47. The van der Waals surface area contributed by atoms with Crippen molar-refractivity contribution < 1.29 is 22.4 Å². The van der Waals surface area contributed by atoms with Gasteiger partial charge in [0.05, 0.1) is 31.3 Å². The minimum absolute atomic E-state index is 0.0868. The van der Waals surface area contributed by atoms with Crippen LogP contribution in [0.15, 0.2) is 72.1 Å². The van der Waals surface area contributed by atoms with Gasteiger partial charge in [0.2, 0.25) is 0 Å². The molecule has 0 aliphatic carbocycles. The monoisotopic (exact) mass is 390 g/mol. The zero-order chi connectivity index (χ0) is 19.8. The maximum atomic E-state index is 12.4. The van der Waals surface area contributed by atoms with E-state index in [2.05, 4.69) is 6.58 Å². The first-order valence-electron chi connectivity index (χ1n) is 8.70. The van der Waals surface area contributed by atoms with Gasteiger partial charge in [-0.3, -0.25) is 4.18 Å². The van der Waals surface area contributed by atoms with Crippen molar-refractivity contribution in [3.8, 4) is 0 Å². The molecule has 0 bridgehead atoms. The smallest absolute Gasteiger partial charge is 0.296 e. The minimum atomic E-state index is -3.92. The Bertz CT molecular complexity index is 815. The van der Waals surface area contributed by atoms with Gasteiger partial charge in [0.25, 0.3) is 10.1 Å². The fourth-order valence-corrected chi connectivity index (χ4v) is 3.57. The Hall–Kier alpha value is -1.99. The molecule has 0 saturated carbocycles. The van der Waals surface area contributed by atoms with E-state index in [0.29, 0.717) is 13.0 Å². The van der Waals surface area contributed by atoms with E-state index in [9.17, 15) is 13.5 Å². The predicted molar refractivity (Wildman–Crippen MR) is 105 cm³/mol. The Kier molecular flexibility index (Phi) is 7.74. The fraction of sp³-hybridized carbons (Fsp3) is 0.333. The minimum Gasteiger partial charge on any atom is -0.396 e. The second kappa shape index (κ2) is 9.80. The highest BCUT2D eigenvalue weighted by molar-refractivity contribution is 7.86. The maximum Gasteiger partial charge on any atom is 0.296 e. The van der Waals surface area contributed by atoms with Gasteiger partial charge < -0.3 is 9.84 Å². The van der Waals surface area contributed by atoms with Crippen molar-refractivity contribution in [3.05, 3.63) is 78.4 Å². The molecule has 1 atom stereocenters. The van der Waals surface area contributed by atoms with Gasteiger partial charge in [0.15, 0.2) is 0 Å². The van der Waals surface area contributed by atoms with Crippen LogP contribution < -0.4 is 0 Å². The summed E-state index contributed by atoms with van der Waals surface area (Å²) in [5.74, 6) is 0. The maximum absolute atomic E-state index is 12.4. The molecular weight excluding hydrogens is 364 g/mol. The molecule has 0 amide bonds. The summed E-state index contributed by atoms with van der Waals surface area (Å²) in [6, 6.07) is 16.1. The van der Waals surface area contributed by atoms with E-state index in [0.717, 1.165) is 11.1 Å². The number of rotatable bonds is 11. The number of aliphatic hydroxyl groups is 1. The number of ether oxygens (including phenoxy) is 1. The molecule has 0 spiro atoms. The number of hydrogen-bond acceptors (Lipinski definition) is 5. The molecule has 2 aromatic rings. The van der Waals surface area contributed by atoms with E-state index in [-0.39, 0.29) is 24.7 Å². The molecule has 5 nitrogen and oxygen atoms in total. The average molecular weight is 391 g/mol. The van der Waals surface area contributed by atoms with E-state index < -0.39 is 15.5 Å². The Morgan fingerprint density at radius 1 is 1.07 bits per heavy atom. The van der Waals surface area contributed by atoms with Crippen LogP contribution in [0.2, 0.25) is 0 Å². The molecular formula is C21H26O5S. The summed E-state index contributed by atoms with van der Waals surface area (Å²) in [5.41, 5.74) is 1.07. The zero-order valence-electron chi connectivity index (χ0n) is 15.5. The first-order chi connectivity index (χ1) is 12.9. The van der Waals surface area contributed by atoms with E-state index in [1.807, 2.05) is 37.3 Å². The summed E-state index contributed by atoms with van der Waals surface area (Å²) in [5, 5.41) is 9.91. The number of aliphatic hydroxyl groups excluding tert-OH is 1. The van der Waals surface area contributed by atoms with E-state index in [1.54, 1.807) is 18.2 Å². The molecule has 0 heterocycles. The number of benzene rings is 2. The third kappa shape index (κ3) is 6.29. The van der Waals surface area contributed by atoms with Crippen LogP contribution in [0.4, 0.5) is 0 Å². The van der Waals surface area contributed by atoms with Gasteiger partial charge in [0, 0.05) is 5.41 Å². The lowest BCUT2D eigenvalue weighted by Gasteiger charge is -2.30. The number of aryl methyl sites for hydroxylation is 1. The van der Waals surface area contributed by atoms with Gasteiger partial charge in [0.1, 0.15) is 0 Å². The molecule has 1 N–H and O–H groups in total. The molecule has 2 aromatic carbocycles. The number of hydrogen-bond donors (Lipinski definition) is 1. The normalized spacial score (nSPS) is 13.9. The topological polar surface area (TPSA) is 72.8 Å². The van der Waals surface area contributed by atoms with Crippen molar-refractivity contribution in [2.75, 3.05) is 19.8 Å². The Balaban J connectivity index is 2.03. The first kappa shape index (κ1) is 21.3. The molecule has 27 heavy (non-hydrogen) atoms. The van der Waals surface area contributed by atoms with Crippen molar-refractivity contribution >= 4 is 10.1 Å². The van der Waals surface area contributed by atoms with Crippen LogP contribution in [0.5, 0.6) is 0 Å². The average Bonchev–Trinajstić information content (AvgIpc) is 2.67. The summed E-state index contributed by atoms with van der Waals surface area (Å²) in [7, 11) is -3.92. The second-order valence-corrected chi connectivity index (χ2v) is 8.27. The molecule has 0 fully saturated rings. The summed E-state index contributed by atoms with van der Waals surface area (Å²) in [6.07, 6.45) is 1.99. The highest BCUT2D eigenvalue weighted by Gasteiger charge is 2.32. The molecule has 146 valence electrons. The molecule has 0 saturated heterocycles. The SMILES string of the molecule is C=CCC(CO)(COCc1ccccc1)COS(=O)(=O)c1ccc(C)cc1. The Morgan fingerprint density at radius 2 is 1.74 bits per heavy atom. The van der Waals surface area contributed by atoms with Gasteiger partial charge in [-0.15, -0.1) is 6.58 Å². The highest BCUT2D eigenvalue weighted by atomic mass is 32.2. The Labute approximate surface area is 161 Å². The highest BCUT2D eigenvalue weighted by Crippen LogP contribution is 2.26. The van der Waals surface area contributed by atoms with Crippen molar-refractivity contribution in [1.29, 1.82) is 0 Å². The lowest BCUT2D eigenvalue weighted by atomic mass is 9.87. The van der Waals surface area contributed by atoms with Gasteiger partial charge in [-0.2, -0.15) is 8.42 Å².